The first-order valence-electron chi connectivity index (χ1n) is 14.3. The number of anilines is 1. The summed E-state index contributed by atoms with van der Waals surface area (Å²) in [5.41, 5.74) is 2.88. The molecule has 232 valence electrons. The van der Waals surface area contributed by atoms with Crippen LogP contribution in [0.15, 0.2) is 65.8 Å². The smallest absolute Gasteiger partial charge is 0.412 e. The summed E-state index contributed by atoms with van der Waals surface area (Å²) in [6.45, 7) is 5.57. The molecule has 3 heterocycles. The molecule has 0 radical (unpaired) electrons. The molecule has 44 heavy (non-hydrogen) atoms. The number of halogens is 4. The van der Waals surface area contributed by atoms with Gasteiger partial charge in [-0.15, -0.1) is 0 Å². The van der Waals surface area contributed by atoms with Gasteiger partial charge < -0.3 is 14.7 Å². The van der Waals surface area contributed by atoms with Gasteiger partial charge in [0.25, 0.3) is 0 Å². The first-order chi connectivity index (χ1) is 20.9. The van der Waals surface area contributed by atoms with E-state index < -0.39 is 24.1 Å². The number of carboxylic acids is 1. The van der Waals surface area contributed by atoms with Crippen molar-refractivity contribution < 1.29 is 32.6 Å². The Labute approximate surface area is 258 Å². The largest absolute Gasteiger partial charge is 0.488 e. The molecule has 12 heteroatoms. The van der Waals surface area contributed by atoms with Crippen molar-refractivity contribution in [2.45, 2.75) is 51.4 Å². The predicted octanol–water partition coefficient (Wildman–Crippen LogP) is 6.78. The van der Waals surface area contributed by atoms with Crippen molar-refractivity contribution in [3.63, 3.8) is 0 Å². The number of carboxylic acid groups (broad SMARTS) is 1. The average Bonchev–Trinajstić information content (AvgIpc) is 3.47. The number of hydrogen-bond acceptors (Lipinski definition) is 6. The number of nitrogens with zero attached hydrogens (tertiary/aromatic N) is 4. The molecule has 8 nitrogen and oxygen atoms in total. The number of carbonyl (C=O) groups is 2. The zero-order valence-electron chi connectivity index (χ0n) is 24.2. The fourth-order valence-electron chi connectivity index (χ4n) is 5.57. The van der Waals surface area contributed by atoms with Crippen molar-refractivity contribution in [3.05, 3.63) is 76.8 Å². The second-order valence-corrected chi connectivity index (χ2v) is 11.7. The van der Waals surface area contributed by atoms with Gasteiger partial charge in [-0.3, -0.25) is 9.59 Å². The lowest BCUT2D eigenvalue weighted by molar-refractivity contribution is -0.166. The molecule has 2 aromatic carbocycles. The number of alkyl halides is 3. The second kappa shape index (κ2) is 12.9. The van der Waals surface area contributed by atoms with Gasteiger partial charge in [0.15, 0.2) is 6.04 Å². The molecule has 1 fully saturated rings. The number of hydrogen-bond donors (Lipinski definition) is 1. The van der Waals surface area contributed by atoms with Gasteiger partial charge >= 0.3 is 12.1 Å². The van der Waals surface area contributed by atoms with Crippen molar-refractivity contribution in [2.24, 2.45) is 16.9 Å². The zero-order chi connectivity index (χ0) is 31.6. The normalized spacial score (nSPS) is 19.1. The van der Waals surface area contributed by atoms with Gasteiger partial charge in [-0.1, -0.05) is 55.8 Å². The lowest BCUT2D eigenvalue weighted by Crippen LogP contribution is -2.47. The van der Waals surface area contributed by atoms with Gasteiger partial charge in [-0.2, -0.15) is 18.3 Å². The van der Waals surface area contributed by atoms with Gasteiger partial charge in [0.1, 0.15) is 24.1 Å². The summed E-state index contributed by atoms with van der Waals surface area (Å²) in [6, 6.07) is 15.1. The molecular formula is C32H32ClF3N4O4. The lowest BCUT2D eigenvalue weighted by atomic mass is 9.88. The fourth-order valence-corrected chi connectivity index (χ4v) is 5.74. The molecule has 0 saturated carbocycles. The van der Waals surface area contributed by atoms with Crippen LogP contribution in [0.5, 0.6) is 5.75 Å². The number of aliphatic carboxylic acids is 1. The molecule has 1 N–H and O–H groups in total. The Morgan fingerprint density at radius 3 is 2.41 bits per heavy atom. The van der Waals surface area contributed by atoms with Gasteiger partial charge in [0.05, 0.1) is 5.69 Å². The zero-order valence-corrected chi connectivity index (χ0v) is 24.9. The molecule has 2 aliphatic rings. The van der Waals surface area contributed by atoms with Crippen LogP contribution in [0.2, 0.25) is 5.02 Å². The Bertz CT molecular complexity index is 1540. The number of pyridine rings is 1. The summed E-state index contributed by atoms with van der Waals surface area (Å²) in [4.78, 5) is 30.1. The maximum atomic E-state index is 13.8. The Kier molecular flexibility index (Phi) is 9.15. The summed E-state index contributed by atoms with van der Waals surface area (Å²) in [5.74, 6) is -2.65. The molecular weight excluding hydrogens is 597 g/mol. The third-order valence-corrected chi connectivity index (χ3v) is 8.14. The van der Waals surface area contributed by atoms with E-state index in [2.05, 4.69) is 22.2 Å². The highest BCUT2D eigenvalue weighted by Gasteiger charge is 2.54. The molecule has 0 bridgehead atoms. The van der Waals surface area contributed by atoms with Crippen LogP contribution in [0.1, 0.15) is 43.7 Å². The quantitative estimate of drug-likeness (QED) is 0.296. The number of amides is 1. The van der Waals surface area contributed by atoms with Crippen molar-refractivity contribution in [1.29, 1.82) is 0 Å². The van der Waals surface area contributed by atoms with Crippen LogP contribution in [0.3, 0.4) is 0 Å². The summed E-state index contributed by atoms with van der Waals surface area (Å²) in [7, 11) is 0. The number of hydrazone groups is 1. The highest BCUT2D eigenvalue weighted by atomic mass is 35.5. The Morgan fingerprint density at radius 1 is 1.07 bits per heavy atom. The third-order valence-electron chi connectivity index (χ3n) is 7.91. The van der Waals surface area contributed by atoms with Gasteiger partial charge in [0.2, 0.25) is 5.91 Å². The van der Waals surface area contributed by atoms with Gasteiger partial charge in [-0.25, -0.2) is 9.99 Å². The molecule has 3 aromatic rings. The number of aromatic nitrogens is 1. The van der Waals surface area contributed by atoms with Crippen molar-refractivity contribution in [3.8, 4) is 17.0 Å². The number of benzene rings is 2. The average molecular weight is 629 g/mol. The first-order valence-corrected chi connectivity index (χ1v) is 14.7. The summed E-state index contributed by atoms with van der Waals surface area (Å²) in [6.07, 6.45) is -2.26. The van der Waals surface area contributed by atoms with Gasteiger partial charge in [0, 0.05) is 35.8 Å². The van der Waals surface area contributed by atoms with E-state index in [0.717, 1.165) is 37.7 Å². The standard InChI is InChI=1S/C32H32ClF3N4O4/c1-19(2)30(41)39-14-12-22(13-15-39)21-8-6-20(7-9-21)18-44-27-11-10-23(33)16-24(27)26-4-3-5-28(38-26)40-29(32(34,35)36)25(17-37-40)31(42)43/h3-11,16-17,19,22,25,29H,12-15,18H2,1-2H3,(H,42,43)/t25-,29?/m1/s1. The summed E-state index contributed by atoms with van der Waals surface area (Å²) >= 11 is 6.27. The molecule has 1 unspecified atom stereocenters. The van der Waals surface area contributed by atoms with Crippen LogP contribution >= 0.6 is 11.6 Å². The molecule has 0 aliphatic carbocycles. The topological polar surface area (TPSA) is 95.3 Å². The molecule has 0 spiro atoms. The lowest BCUT2D eigenvalue weighted by Gasteiger charge is -2.33. The second-order valence-electron chi connectivity index (χ2n) is 11.3. The molecule has 2 aliphatic heterocycles. The van der Waals surface area contributed by atoms with E-state index in [9.17, 15) is 27.9 Å². The van der Waals surface area contributed by atoms with Crippen LogP contribution in [0.4, 0.5) is 19.0 Å². The molecule has 1 saturated heterocycles. The maximum Gasteiger partial charge on any atom is 0.412 e. The number of ether oxygens (including phenoxy) is 1. The monoisotopic (exact) mass is 628 g/mol. The van der Waals surface area contributed by atoms with Crippen LogP contribution in [-0.4, -0.2) is 58.4 Å². The highest BCUT2D eigenvalue weighted by Crippen LogP contribution is 2.38. The minimum Gasteiger partial charge on any atom is -0.488 e. The Hall–Kier alpha value is -4.12. The number of carbonyl (C=O) groups excluding carboxylic acids is 1. The minimum absolute atomic E-state index is 0.000676. The number of piperidine rings is 1. The van der Waals surface area contributed by atoms with Crippen LogP contribution in [0, 0.1) is 11.8 Å². The van der Waals surface area contributed by atoms with E-state index in [1.807, 2.05) is 30.9 Å². The fraction of sp³-hybridized carbons (Fsp3) is 0.375. The number of likely N-dealkylation sites (tertiary alicyclic amines) is 1. The molecule has 5 rings (SSSR count). The van der Waals surface area contributed by atoms with Crippen LogP contribution in [-0.2, 0) is 16.2 Å². The molecule has 2 atom stereocenters. The van der Waals surface area contributed by atoms with E-state index in [0.29, 0.717) is 27.3 Å². The number of rotatable bonds is 8. The van der Waals surface area contributed by atoms with E-state index in [1.54, 1.807) is 24.3 Å². The maximum absolute atomic E-state index is 13.8. The Morgan fingerprint density at radius 2 is 1.77 bits per heavy atom. The van der Waals surface area contributed by atoms with Crippen LogP contribution < -0.4 is 9.75 Å². The van der Waals surface area contributed by atoms with E-state index in [-0.39, 0.29) is 29.9 Å². The first kappa shape index (κ1) is 31.3. The van der Waals surface area contributed by atoms with Crippen molar-refractivity contribution in [1.82, 2.24) is 9.88 Å². The van der Waals surface area contributed by atoms with Crippen molar-refractivity contribution in [2.75, 3.05) is 18.1 Å². The van der Waals surface area contributed by atoms with E-state index in [4.69, 9.17) is 16.3 Å². The highest BCUT2D eigenvalue weighted by molar-refractivity contribution is 6.31. The van der Waals surface area contributed by atoms with E-state index >= 15 is 0 Å². The summed E-state index contributed by atoms with van der Waals surface area (Å²) in [5, 5.41) is 14.0. The van der Waals surface area contributed by atoms with Crippen molar-refractivity contribution >= 4 is 35.5 Å². The van der Waals surface area contributed by atoms with E-state index in [1.165, 1.54) is 17.7 Å². The summed E-state index contributed by atoms with van der Waals surface area (Å²) < 4.78 is 47.7. The van der Waals surface area contributed by atoms with Gasteiger partial charge in [-0.05, 0) is 60.2 Å². The predicted molar refractivity (Wildman–Crippen MR) is 161 cm³/mol. The minimum atomic E-state index is -4.86. The third kappa shape index (κ3) is 6.83. The molecule has 1 aromatic heterocycles. The van der Waals surface area contributed by atoms with Crippen LogP contribution in [0.25, 0.3) is 11.3 Å². The Balaban J connectivity index is 1.29. The SMILES string of the molecule is CC(C)C(=O)N1CCC(c2ccc(COc3ccc(Cl)cc3-c3cccc(N4N=C[C@@H](C(=O)O)C4C(F)(F)F)n3)cc2)CC1. The molecule has 1 amide bonds.